The van der Waals surface area contributed by atoms with Crippen LogP contribution in [0.2, 0.25) is 19.1 Å². The number of hydrogen-bond acceptors (Lipinski definition) is 2. The molecule has 0 aliphatic rings. The zero-order valence-electron chi connectivity index (χ0n) is 10.2. The van der Waals surface area contributed by atoms with E-state index in [1.807, 2.05) is 18.2 Å². The summed E-state index contributed by atoms with van der Waals surface area (Å²) in [7, 11) is -3.50. The molecule has 16 heavy (non-hydrogen) atoms. The second kappa shape index (κ2) is 5.99. The van der Waals surface area contributed by atoms with Crippen molar-refractivity contribution in [3.8, 4) is 5.69 Å². The van der Waals surface area contributed by atoms with Crippen LogP contribution in [0.4, 0.5) is 0 Å². The fourth-order valence-electron chi connectivity index (χ4n) is 1.68. The molecule has 0 heterocycles. The van der Waals surface area contributed by atoms with E-state index in [1.54, 1.807) is 0 Å². The molecule has 0 amide bonds. The fraction of sp³-hybridized carbons (Fsp3) is 0.417. The quantitative estimate of drug-likeness (QED) is 0.750. The first-order valence-corrected chi connectivity index (χ1v) is 10.5. The van der Waals surface area contributed by atoms with Gasteiger partial charge in [-0.15, -0.1) is 0 Å². The monoisotopic (exact) mass is 249 g/mol. The van der Waals surface area contributed by atoms with Gasteiger partial charge in [0, 0.05) is 0 Å². The van der Waals surface area contributed by atoms with E-state index < -0.39 is 17.4 Å². The second-order valence-electron chi connectivity index (χ2n) is 4.40. The lowest BCUT2D eigenvalue weighted by Gasteiger charge is -2.26. The summed E-state index contributed by atoms with van der Waals surface area (Å²) in [5, 5.41) is 10.4. The Kier molecular flexibility index (Phi) is 4.93. The van der Waals surface area contributed by atoms with Crippen molar-refractivity contribution < 1.29 is 4.12 Å². The van der Waals surface area contributed by atoms with E-state index in [-0.39, 0.29) is 0 Å². The van der Waals surface area contributed by atoms with Gasteiger partial charge in [-0.3, -0.25) is 0 Å². The van der Waals surface area contributed by atoms with Crippen molar-refractivity contribution in [2.75, 3.05) is 0 Å². The van der Waals surface area contributed by atoms with Crippen LogP contribution in [0.15, 0.2) is 30.3 Å². The molecule has 1 aromatic carbocycles. The Morgan fingerprint density at radius 2 is 1.94 bits per heavy atom. The first-order chi connectivity index (χ1) is 7.60. The molecule has 1 atom stereocenters. The molecule has 1 unspecified atom stereocenters. The first kappa shape index (κ1) is 13.2. The molecule has 4 heteroatoms. The number of benzene rings is 1. The van der Waals surface area contributed by atoms with Gasteiger partial charge in [0.05, 0.1) is 5.69 Å². The van der Waals surface area contributed by atoms with Crippen LogP contribution in [0.3, 0.4) is 0 Å². The summed E-state index contributed by atoms with van der Waals surface area (Å²) < 4.78 is 6.13. The van der Waals surface area contributed by atoms with Gasteiger partial charge in [0.1, 0.15) is 0 Å². The van der Waals surface area contributed by atoms with Gasteiger partial charge in [0.15, 0.2) is 0 Å². The minimum absolute atomic E-state index is 0.958. The van der Waals surface area contributed by atoms with Crippen LogP contribution >= 0.6 is 0 Å². The molecular weight excluding hydrogens is 230 g/mol. The molecule has 0 saturated heterocycles. The highest BCUT2D eigenvalue weighted by Gasteiger charge is 2.28. The van der Waals surface area contributed by atoms with E-state index in [9.17, 15) is 0 Å². The Hall–Kier alpha value is -0.896. The Morgan fingerprint density at radius 3 is 2.44 bits per heavy atom. The lowest BCUT2D eigenvalue weighted by atomic mass is 10.4. The zero-order chi connectivity index (χ0) is 12.0. The summed E-state index contributed by atoms with van der Waals surface area (Å²) in [6, 6.07) is 11.3. The van der Waals surface area contributed by atoms with Crippen LogP contribution in [0.5, 0.6) is 0 Å². The van der Waals surface area contributed by atoms with Crippen molar-refractivity contribution >= 4 is 22.5 Å². The van der Waals surface area contributed by atoms with Gasteiger partial charge in [0.2, 0.25) is 8.32 Å². The third kappa shape index (κ3) is 3.60. The lowest BCUT2D eigenvalue weighted by Crippen LogP contribution is -2.48. The van der Waals surface area contributed by atoms with Crippen LogP contribution in [-0.2, 0) is 4.12 Å². The zero-order valence-corrected chi connectivity index (χ0v) is 12.4. The van der Waals surface area contributed by atoms with E-state index in [2.05, 4.69) is 37.8 Å². The summed E-state index contributed by atoms with van der Waals surface area (Å²) >= 11 is 0. The molecule has 1 rings (SSSR count). The number of rotatable bonds is 5. The predicted octanol–water partition coefficient (Wildman–Crippen LogP) is 2.31. The van der Waals surface area contributed by atoms with Crippen LogP contribution in [0, 0.1) is 11.0 Å². The third-order valence-electron chi connectivity index (χ3n) is 2.60. The molecular formula is C12H19NOSi2. The van der Waals surface area contributed by atoms with Crippen molar-refractivity contribution in [3.63, 3.8) is 0 Å². The molecule has 0 bridgehead atoms. The minimum Gasteiger partial charge on any atom is -0.444 e. The van der Waals surface area contributed by atoms with Crippen molar-refractivity contribution in [1.82, 2.24) is 0 Å². The Morgan fingerprint density at radius 1 is 1.31 bits per heavy atom. The van der Waals surface area contributed by atoms with E-state index in [0.717, 1.165) is 12.5 Å². The van der Waals surface area contributed by atoms with Crippen molar-refractivity contribution in [3.05, 3.63) is 30.3 Å². The highest BCUT2D eigenvalue weighted by Crippen LogP contribution is 2.10. The summed E-state index contributed by atoms with van der Waals surface area (Å²) in [6.45, 7) is 6.46. The van der Waals surface area contributed by atoms with Crippen LogP contribution in [0.25, 0.3) is 0 Å². The third-order valence-corrected chi connectivity index (χ3v) is 9.21. The average molecular weight is 249 g/mol. The molecule has 0 N–H and O–H groups in total. The minimum atomic E-state index is -1.86. The van der Waals surface area contributed by atoms with Crippen LogP contribution in [-0.4, -0.2) is 17.4 Å². The molecule has 0 aliphatic heterocycles. The maximum absolute atomic E-state index is 9.08. The summed E-state index contributed by atoms with van der Waals surface area (Å²) in [4.78, 5) is 0. The molecule has 86 valence electrons. The van der Waals surface area contributed by atoms with E-state index in [1.165, 1.54) is 5.19 Å². The van der Waals surface area contributed by atoms with E-state index in [0.29, 0.717) is 0 Å². The van der Waals surface area contributed by atoms with Gasteiger partial charge in [-0.2, -0.15) is 0 Å². The van der Waals surface area contributed by atoms with Crippen molar-refractivity contribution in [2.24, 2.45) is 0 Å². The predicted molar refractivity (Wildman–Crippen MR) is 72.5 cm³/mol. The van der Waals surface area contributed by atoms with Gasteiger partial charge < -0.3 is 4.12 Å². The van der Waals surface area contributed by atoms with Gasteiger partial charge in [0.25, 0.3) is 9.04 Å². The molecule has 1 aromatic rings. The van der Waals surface area contributed by atoms with Crippen molar-refractivity contribution in [2.45, 2.75) is 32.5 Å². The normalized spacial score (nSPS) is 13.1. The Bertz CT molecular complexity index is 359. The molecule has 0 fully saturated rings. The Labute approximate surface area is 101 Å². The summed E-state index contributed by atoms with van der Waals surface area (Å²) in [5.41, 5.74) is 2.38. The summed E-state index contributed by atoms with van der Waals surface area (Å²) in [6.07, 6.45) is 1.05. The van der Waals surface area contributed by atoms with Gasteiger partial charge in [-0.05, 0) is 24.3 Å². The standard InChI is InChI=1S/C12H19NOSi2/c1-4-10-15(11-13)14-16(2,3)12-8-6-5-7-9-12/h5-9,15H,4,10H2,1-3H3. The van der Waals surface area contributed by atoms with Crippen LogP contribution in [0.1, 0.15) is 13.3 Å². The van der Waals surface area contributed by atoms with Gasteiger partial charge in [-0.25, -0.2) is 5.26 Å². The highest BCUT2D eigenvalue weighted by atomic mass is 28.4. The second-order valence-corrected chi connectivity index (χ2v) is 10.8. The fourth-order valence-corrected chi connectivity index (χ4v) is 7.40. The number of hydrogen-bond donors (Lipinski definition) is 0. The maximum Gasteiger partial charge on any atom is 0.280 e. The topological polar surface area (TPSA) is 33.0 Å². The number of nitriles is 1. The molecule has 0 aliphatic carbocycles. The van der Waals surface area contributed by atoms with Crippen molar-refractivity contribution in [1.29, 1.82) is 5.26 Å². The van der Waals surface area contributed by atoms with Gasteiger partial charge in [-0.1, -0.05) is 43.7 Å². The molecule has 0 spiro atoms. The van der Waals surface area contributed by atoms with E-state index in [4.69, 9.17) is 9.38 Å². The molecule has 2 nitrogen and oxygen atoms in total. The summed E-state index contributed by atoms with van der Waals surface area (Å²) in [5.74, 6) is 0. The molecule has 0 aromatic heterocycles. The SMILES string of the molecule is CCC[SiH](C#N)O[Si](C)(C)c1ccccc1. The smallest absolute Gasteiger partial charge is 0.280 e. The maximum atomic E-state index is 9.08. The number of nitrogens with zero attached hydrogens (tertiary/aromatic N) is 1. The average Bonchev–Trinajstić information content (AvgIpc) is 2.29. The molecule has 0 radical (unpaired) electrons. The van der Waals surface area contributed by atoms with Gasteiger partial charge >= 0.3 is 0 Å². The lowest BCUT2D eigenvalue weighted by molar-refractivity contribution is 0.585. The highest BCUT2D eigenvalue weighted by molar-refractivity contribution is 6.89. The molecule has 0 saturated carbocycles. The van der Waals surface area contributed by atoms with Crippen LogP contribution < -0.4 is 5.19 Å². The Balaban J connectivity index is 2.75. The first-order valence-electron chi connectivity index (χ1n) is 5.73. The largest absolute Gasteiger partial charge is 0.444 e. The van der Waals surface area contributed by atoms with E-state index >= 15 is 0 Å².